The third-order valence-electron chi connectivity index (χ3n) is 8.48. The summed E-state index contributed by atoms with van der Waals surface area (Å²) in [6.45, 7) is 1.69. The molecule has 4 nitrogen and oxygen atoms in total. The van der Waals surface area contributed by atoms with Gasteiger partial charge in [-0.2, -0.15) is 30.3 Å². The van der Waals surface area contributed by atoms with Gasteiger partial charge in [-0.25, -0.2) is 4.98 Å². The minimum Gasteiger partial charge on any atom is -0.500 e. The molecule has 1 aromatic heterocycles. The van der Waals surface area contributed by atoms with Gasteiger partial charge in [-0.15, -0.1) is 51.6 Å². The number of para-hydroxylation sites is 1. The number of hydrogen-bond acceptors (Lipinski definition) is 5. The molecule has 6 aromatic carbocycles. The van der Waals surface area contributed by atoms with E-state index >= 15 is 0 Å². The molecule has 0 saturated carbocycles. The molecular formula is C44H29N4PdS-3. The molecule has 244 valence electrons. The quantitative estimate of drug-likeness (QED) is 0.124. The topological polar surface area (TPSA) is 22.6 Å². The maximum Gasteiger partial charge on any atom is 0.135 e. The Morgan fingerprint density at radius 1 is 0.620 bits per heavy atom. The predicted octanol–water partition coefficient (Wildman–Crippen LogP) is 11.5. The number of hydrogen-bond donors (Lipinski definition) is 0. The fraction of sp³-hybridized carbons (Fsp3) is 0. The van der Waals surface area contributed by atoms with Crippen molar-refractivity contribution in [3.05, 3.63) is 189 Å². The molecule has 0 N–H and O–H groups in total. The number of rotatable bonds is 6. The molecule has 0 saturated heterocycles. The van der Waals surface area contributed by atoms with E-state index in [4.69, 9.17) is 11.8 Å². The SMILES string of the molecule is [2H]c1c([2H])c([2H])c(N2C=CN(c3[c-]c(Sc4[c-]c5c(cc4)-c4ccccc4-c4cc(-c6ccccc6)ccc4N5c4ccccn4)ccc3)[CH-]2)c([2H])c1[2H].[Pd]. The number of aromatic nitrogens is 1. The summed E-state index contributed by atoms with van der Waals surface area (Å²) in [5.74, 6) is 0.784. The van der Waals surface area contributed by atoms with Gasteiger partial charge in [0.05, 0.1) is 12.5 Å². The average molecular weight is 757 g/mol. The van der Waals surface area contributed by atoms with E-state index in [1.165, 1.54) is 0 Å². The van der Waals surface area contributed by atoms with E-state index in [0.717, 1.165) is 66.1 Å². The summed E-state index contributed by atoms with van der Waals surface area (Å²) in [5, 5.41) is 0. The smallest absolute Gasteiger partial charge is 0.135 e. The van der Waals surface area contributed by atoms with Gasteiger partial charge in [0, 0.05) is 37.9 Å². The molecule has 3 heterocycles. The van der Waals surface area contributed by atoms with Gasteiger partial charge in [-0.1, -0.05) is 96.1 Å². The minimum atomic E-state index is -0.421. The van der Waals surface area contributed by atoms with Crippen LogP contribution in [0, 0.1) is 18.8 Å². The first kappa shape index (κ1) is 26.5. The summed E-state index contributed by atoms with van der Waals surface area (Å²) < 4.78 is 40.9. The van der Waals surface area contributed by atoms with Crippen molar-refractivity contribution in [2.75, 3.05) is 14.7 Å². The van der Waals surface area contributed by atoms with E-state index in [0.29, 0.717) is 0 Å². The summed E-state index contributed by atoms with van der Waals surface area (Å²) in [4.78, 5) is 12.1. The molecular weight excluding hydrogens is 723 g/mol. The Morgan fingerprint density at radius 2 is 1.38 bits per heavy atom. The number of fused-ring (bicyclic) bond motifs is 5. The molecule has 0 atom stereocenters. The van der Waals surface area contributed by atoms with Crippen LogP contribution in [0.25, 0.3) is 33.4 Å². The molecule has 0 radical (unpaired) electrons. The fourth-order valence-corrected chi connectivity index (χ4v) is 7.06. The first-order chi connectivity index (χ1) is 26.4. The molecule has 2 aliphatic rings. The van der Waals surface area contributed by atoms with Gasteiger partial charge in [-0.05, 0) is 65.4 Å². The molecule has 0 bridgehead atoms. The molecule has 9 rings (SSSR count). The number of benzene rings is 6. The van der Waals surface area contributed by atoms with Crippen LogP contribution < -0.4 is 14.7 Å². The van der Waals surface area contributed by atoms with Crippen LogP contribution in [0.5, 0.6) is 0 Å². The van der Waals surface area contributed by atoms with Crippen molar-refractivity contribution in [1.29, 1.82) is 0 Å². The van der Waals surface area contributed by atoms with Crippen LogP contribution in [0.15, 0.2) is 180 Å². The summed E-state index contributed by atoms with van der Waals surface area (Å²) in [6.07, 6.45) is 5.26. The molecule has 0 unspecified atom stereocenters. The Labute approximate surface area is 318 Å². The van der Waals surface area contributed by atoms with E-state index in [-0.39, 0.29) is 50.3 Å². The molecule has 0 amide bonds. The second kappa shape index (κ2) is 13.9. The molecule has 6 heteroatoms. The normalized spacial score (nSPS) is 14.2. The van der Waals surface area contributed by atoms with Crippen LogP contribution in [0.3, 0.4) is 0 Å². The summed E-state index contributed by atoms with van der Waals surface area (Å²) in [6, 6.07) is 47.1. The van der Waals surface area contributed by atoms with E-state index in [1.54, 1.807) is 35.7 Å². The summed E-state index contributed by atoms with van der Waals surface area (Å²) in [7, 11) is 0. The zero-order valence-corrected chi connectivity index (χ0v) is 28.7. The van der Waals surface area contributed by atoms with Crippen molar-refractivity contribution in [2.45, 2.75) is 9.79 Å². The average Bonchev–Trinajstić information content (AvgIpc) is 3.66. The van der Waals surface area contributed by atoms with Crippen molar-refractivity contribution in [3.63, 3.8) is 0 Å². The van der Waals surface area contributed by atoms with Crippen molar-refractivity contribution in [2.24, 2.45) is 0 Å². The van der Waals surface area contributed by atoms with Crippen molar-refractivity contribution < 1.29 is 27.3 Å². The minimum absolute atomic E-state index is 0. The maximum absolute atomic E-state index is 8.40. The monoisotopic (exact) mass is 756 g/mol. The molecule has 7 aromatic rings. The molecule has 2 aliphatic heterocycles. The van der Waals surface area contributed by atoms with Gasteiger partial charge in [-0.3, -0.25) is 0 Å². The standard InChI is InChI=1S/C44H29N4S.Pd/c1-3-12-32(13-4-1)33-21-24-42-41(28-33)39-19-8-7-18-38(39)40-23-22-37(30-43(40)48(42)44-20-9-10-25-45-44)49-36-17-11-16-35(29-36)47-27-26-46(31-47)34-14-5-2-6-15-34;/h1-28,31H;/q-3;/i2D,5D,6D,14D,15D;. The van der Waals surface area contributed by atoms with Crippen LogP contribution in [0.1, 0.15) is 6.85 Å². The predicted molar refractivity (Wildman–Crippen MR) is 202 cm³/mol. The maximum atomic E-state index is 8.40. The molecule has 50 heavy (non-hydrogen) atoms. The second-order valence-corrected chi connectivity index (χ2v) is 12.5. The van der Waals surface area contributed by atoms with Crippen molar-refractivity contribution in [3.8, 4) is 33.4 Å². The molecule has 0 aliphatic carbocycles. The Morgan fingerprint density at radius 3 is 2.20 bits per heavy atom. The van der Waals surface area contributed by atoms with E-state index < -0.39 is 6.04 Å². The van der Waals surface area contributed by atoms with Crippen molar-refractivity contribution in [1.82, 2.24) is 4.98 Å². The fourth-order valence-electron chi connectivity index (χ4n) is 6.24. The van der Waals surface area contributed by atoms with Gasteiger partial charge in [0.25, 0.3) is 0 Å². The number of nitrogens with zero attached hydrogens (tertiary/aromatic N) is 4. The van der Waals surface area contributed by atoms with Crippen molar-refractivity contribution >= 4 is 40.3 Å². The van der Waals surface area contributed by atoms with Crippen LogP contribution in [0.2, 0.25) is 0 Å². The first-order valence-electron chi connectivity index (χ1n) is 18.3. The van der Waals surface area contributed by atoms with Crippen LogP contribution in [-0.4, -0.2) is 4.98 Å². The Bertz CT molecular complexity index is 2580. The number of pyridine rings is 1. The number of anilines is 5. The van der Waals surface area contributed by atoms with Crippen LogP contribution in [-0.2, 0) is 20.4 Å². The first-order valence-corrected chi connectivity index (χ1v) is 16.6. The van der Waals surface area contributed by atoms with E-state index in [1.807, 2.05) is 53.6 Å². The summed E-state index contributed by atoms with van der Waals surface area (Å²) >= 11 is 1.54. The Balaban J connectivity index is 0.00000427. The van der Waals surface area contributed by atoms with Gasteiger partial charge in [0.1, 0.15) is 5.82 Å². The Hall–Kier alpha value is -5.38. The third-order valence-corrected chi connectivity index (χ3v) is 9.40. The van der Waals surface area contributed by atoms with Crippen LogP contribution in [0.4, 0.5) is 28.6 Å². The second-order valence-electron chi connectivity index (χ2n) is 11.5. The largest absolute Gasteiger partial charge is 0.500 e. The van der Waals surface area contributed by atoms with Crippen LogP contribution >= 0.6 is 11.8 Å². The summed E-state index contributed by atoms with van der Waals surface area (Å²) in [5.41, 5.74) is 9.38. The van der Waals surface area contributed by atoms with Gasteiger partial charge in [0.2, 0.25) is 0 Å². The molecule has 0 spiro atoms. The third kappa shape index (κ3) is 6.03. The zero-order chi connectivity index (χ0) is 36.9. The molecule has 0 fully saturated rings. The van der Waals surface area contributed by atoms with E-state index in [9.17, 15) is 0 Å². The van der Waals surface area contributed by atoms with Gasteiger partial charge < -0.3 is 14.7 Å². The van der Waals surface area contributed by atoms with Gasteiger partial charge in [0.15, 0.2) is 0 Å². The zero-order valence-electron chi connectivity index (χ0n) is 31.4. The van der Waals surface area contributed by atoms with E-state index in [2.05, 4.69) is 95.9 Å². The van der Waals surface area contributed by atoms with Gasteiger partial charge >= 0.3 is 0 Å². The Kier molecular flexibility index (Phi) is 7.34.